The van der Waals surface area contributed by atoms with Crippen LogP contribution in [0.1, 0.15) is 64.5 Å². The molecule has 0 spiro atoms. The lowest BCUT2D eigenvalue weighted by molar-refractivity contribution is 0.235. The molecule has 1 aliphatic rings. The van der Waals surface area contributed by atoms with E-state index < -0.39 is 11.0 Å². The van der Waals surface area contributed by atoms with E-state index in [-0.39, 0.29) is 6.03 Å². The first-order chi connectivity index (χ1) is 17.6. The van der Waals surface area contributed by atoms with Crippen LogP contribution in [0.2, 0.25) is 0 Å². The van der Waals surface area contributed by atoms with Crippen LogP contribution in [0.15, 0.2) is 65.6 Å². The molecule has 4 N–H and O–H groups in total. The predicted molar refractivity (Wildman–Crippen MR) is 147 cm³/mol. The van der Waals surface area contributed by atoms with Crippen LogP contribution in [0.4, 0.5) is 4.79 Å². The first-order valence-electron chi connectivity index (χ1n) is 13.1. The summed E-state index contributed by atoms with van der Waals surface area (Å²) in [4.78, 5) is 12.8. The standard InChI is InChI=1S/C26H33N5O2S.C2H6/c27-34(33)24-16-14-23(15-17-24)31-25(20-9-4-3-5-10-20)19-22(30-31)13-8-18-28-26(32)29-21-11-6-1-2-7-12-21;1-2/h3-5,9-10,14-17,19,21H,1-2,6-8,11-13,18,27H2,(H2,28,29,32);1-2H3. The number of nitrogens with two attached hydrogens (primary N) is 1. The van der Waals surface area contributed by atoms with Crippen molar-refractivity contribution in [1.82, 2.24) is 20.4 Å². The molecule has 7 nitrogen and oxygen atoms in total. The third-order valence-corrected chi connectivity index (χ3v) is 6.97. The van der Waals surface area contributed by atoms with Crippen molar-refractivity contribution in [2.24, 2.45) is 5.14 Å². The van der Waals surface area contributed by atoms with Gasteiger partial charge in [0.2, 0.25) is 0 Å². The molecule has 0 aliphatic heterocycles. The molecule has 1 unspecified atom stereocenters. The fourth-order valence-electron chi connectivity index (χ4n) is 4.42. The third kappa shape index (κ3) is 8.03. The number of carbonyl (C=O) groups is 1. The molecule has 1 aromatic heterocycles. The number of hydrogen-bond donors (Lipinski definition) is 3. The Morgan fingerprint density at radius 1 is 1.03 bits per heavy atom. The molecule has 2 aromatic carbocycles. The second-order valence-electron chi connectivity index (χ2n) is 8.78. The van der Waals surface area contributed by atoms with Gasteiger partial charge in [-0.3, -0.25) is 0 Å². The second kappa shape index (κ2) is 14.6. The number of hydrogen-bond acceptors (Lipinski definition) is 3. The zero-order valence-electron chi connectivity index (χ0n) is 21.4. The van der Waals surface area contributed by atoms with Crippen molar-refractivity contribution in [1.29, 1.82) is 0 Å². The van der Waals surface area contributed by atoms with Crippen LogP contribution in [-0.2, 0) is 17.4 Å². The van der Waals surface area contributed by atoms with Crippen LogP contribution in [0.25, 0.3) is 16.9 Å². The molecule has 1 aliphatic carbocycles. The summed E-state index contributed by atoms with van der Waals surface area (Å²) in [5.74, 6) is 0. The molecule has 1 atom stereocenters. The van der Waals surface area contributed by atoms with Crippen LogP contribution in [0, 0.1) is 0 Å². The van der Waals surface area contributed by atoms with Crippen molar-refractivity contribution in [2.45, 2.75) is 76.2 Å². The summed E-state index contributed by atoms with van der Waals surface area (Å²) >= 11 is 0. The fourth-order valence-corrected chi connectivity index (χ4v) is 4.82. The van der Waals surface area contributed by atoms with E-state index in [0.717, 1.165) is 48.3 Å². The van der Waals surface area contributed by atoms with E-state index in [9.17, 15) is 9.00 Å². The van der Waals surface area contributed by atoms with Gasteiger partial charge < -0.3 is 10.6 Å². The number of nitrogens with one attached hydrogen (secondary N) is 2. The lowest BCUT2D eigenvalue weighted by Crippen LogP contribution is -2.42. The van der Waals surface area contributed by atoms with E-state index in [1.54, 1.807) is 12.1 Å². The number of nitrogens with zero attached hydrogens (tertiary/aromatic N) is 2. The summed E-state index contributed by atoms with van der Waals surface area (Å²) in [5, 5.41) is 16.4. The number of carbonyl (C=O) groups excluding carboxylic acids is 1. The van der Waals surface area contributed by atoms with Gasteiger partial charge in [0.1, 0.15) is 11.0 Å². The Hall–Kier alpha value is -2.97. The van der Waals surface area contributed by atoms with E-state index in [2.05, 4.69) is 28.8 Å². The Labute approximate surface area is 217 Å². The van der Waals surface area contributed by atoms with Gasteiger partial charge in [-0.05, 0) is 56.0 Å². The van der Waals surface area contributed by atoms with Crippen LogP contribution in [0.5, 0.6) is 0 Å². The predicted octanol–water partition coefficient (Wildman–Crippen LogP) is 5.50. The highest BCUT2D eigenvalue weighted by atomic mass is 32.2. The maximum atomic E-state index is 12.3. The van der Waals surface area contributed by atoms with Gasteiger partial charge in [0.05, 0.1) is 22.0 Å². The number of rotatable bonds is 8. The van der Waals surface area contributed by atoms with Gasteiger partial charge in [-0.25, -0.2) is 18.8 Å². The second-order valence-corrected chi connectivity index (χ2v) is 9.85. The summed E-state index contributed by atoms with van der Waals surface area (Å²) in [6, 6.07) is 19.7. The highest BCUT2D eigenvalue weighted by Crippen LogP contribution is 2.25. The molecule has 0 saturated heterocycles. The van der Waals surface area contributed by atoms with Crippen molar-refractivity contribution in [3.05, 3.63) is 66.4 Å². The van der Waals surface area contributed by atoms with Gasteiger partial charge in [0.25, 0.3) is 0 Å². The van der Waals surface area contributed by atoms with Crippen LogP contribution >= 0.6 is 0 Å². The molecule has 1 saturated carbocycles. The van der Waals surface area contributed by atoms with E-state index in [1.807, 2.05) is 48.9 Å². The summed E-state index contributed by atoms with van der Waals surface area (Å²) in [6.45, 7) is 4.60. The number of aryl methyl sites for hydroxylation is 1. The number of amides is 2. The minimum absolute atomic E-state index is 0.0696. The normalized spacial score (nSPS) is 14.8. The van der Waals surface area contributed by atoms with Crippen molar-refractivity contribution in [2.75, 3.05) is 6.54 Å². The van der Waals surface area contributed by atoms with E-state index in [1.165, 1.54) is 25.7 Å². The van der Waals surface area contributed by atoms with Crippen LogP contribution in [-0.4, -0.2) is 32.6 Å². The Balaban J connectivity index is 0.00000176. The zero-order valence-corrected chi connectivity index (χ0v) is 22.2. The summed E-state index contributed by atoms with van der Waals surface area (Å²) in [5.41, 5.74) is 3.88. The molecule has 1 heterocycles. The number of aromatic nitrogens is 2. The van der Waals surface area contributed by atoms with E-state index in [4.69, 9.17) is 10.2 Å². The van der Waals surface area contributed by atoms with Gasteiger partial charge >= 0.3 is 6.03 Å². The fraction of sp³-hybridized carbons (Fsp3) is 0.429. The monoisotopic (exact) mass is 509 g/mol. The van der Waals surface area contributed by atoms with Gasteiger partial charge in [-0.15, -0.1) is 0 Å². The largest absolute Gasteiger partial charge is 0.338 e. The molecule has 8 heteroatoms. The van der Waals surface area contributed by atoms with Gasteiger partial charge in [-0.2, -0.15) is 5.10 Å². The first kappa shape index (κ1) is 27.6. The lowest BCUT2D eigenvalue weighted by atomic mass is 10.1. The highest BCUT2D eigenvalue weighted by molar-refractivity contribution is 7.82. The van der Waals surface area contributed by atoms with Crippen molar-refractivity contribution in [3.8, 4) is 16.9 Å². The molecule has 3 aromatic rings. The summed E-state index contributed by atoms with van der Waals surface area (Å²) < 4.78 is 13.4. The van der Waals surface area contributed by atoms with Gasteiger partial charge in [-0.1, -0.05) is 69.9 Å². The first-order valence-corrected chi connectivity index (χ1v) is 14.3. The topological polar surface area (TPSA) is 102 Å². The maximum Gasteiger partial charge on any atom is 0.315 e. The molecule has 0 radical (unpaired) electrons. The molecule has 194 valence electrons. The van der Waals surface area contributed by atoms with Crippen LogP contribution < -0.4 is 15.8 Å². The zero-order chi connectivity index (χ0) is 25.8. The molecule has 0 bridgehead atoms. The number of benzene rings is 2. The quantitative estimate of drug-likeness (QED) is 0.276. The summed E-state index contributed by atoms with van der Waals surface area (Å²) in [7, 11) is -1.51. The van der Waals surface area contributed by atoms with Crippen LogP contribution in [0.3, 0.4) is 0 Å². The molecule has 1 fully saturated rings. The van der Waals surface area contributed by atoms with Gasteiger partial charge in [0, 0.05) is 18.2 Å². The number of urea groups is 1. The molecule has 2 amide bonds. The van der Waals surface area contributed by atoms with Crippen molar-refractivity contribution in [3.63, 3.8) is 0 Å². The van der Waals surface area contributed by atoms with Gasteiger partial charge in [0.15, 0.2) is 0 Å². The van der Waals surface area contributed by atoms with E-state index in [0.29, 0.717) is 17.5 Å². The Morgan fingerprint density at radius 2 is 1.69 bits per heavy atom. The highest BCUT2D eigenvalue weighted by Gasteiger charge is 2.15. The minimum Gasteiger partial charge on any atom is -0.338 e. The lowest BCUT2D eigenvalue weighted by Gasteiger charge is -2.16. The van der Waals surface area contributed by atoms with Crippen molar-refractivity contribution >= 4 is 17.0 Å². The SMILES string of the molecule is CC.NS(=O)c1ccc(-n2nc(CCCNC(=O)NC3CCCCCC3)cc2-c2ccccc2)cc1. The molecule has 36 heavy (non-hydrogen) atoms. The Kier molecular flexibility index (Phi) is 11.2. The van der Waals surface area contributed by atoms with Crippen molar-refractivity contribution < 1.29 is 9.00 Å². The molecular formula is C28H39N5O2S. The Bertz CT molecular complexity index is 1090. The molecular weight excluding hydrogens is 470 g/mol. The minimum atomic E-state index is -1.51. The third-order valence-electron chi connectivity index (χ3n) is 6.23. The average Bonchev–Trinajstić information content (AvgIpc) is 3.17. The summed E-state index contributed by atoms with van der Waals surface area (Å²) in [6.07, 6.45) is 8.65. The average molecular weight is 510 g/mol. The van der Waals surface area contributed by atoms with E-state index >= 15 is 0 Å². The molecule has 4 rings (SSSR count). The maximum absolute atomic E-state index is 12.3. The smallest absolute Gasteiger partial charge is 0.315 e. The Morgan fingerprint density at radius 3 is 2.33 bits per heavy atom.